The molecular formula is C21H25F2NO6. The predicted molar refractivity (Wildman–Crippen MR) is 100 cm³/mol. The van der Waals surface area contributed by atoms with E-state index in [1.165, 1.54) is 11.0 Å². The summed E-state index contributed by atoms with van der Waals surface area (Å²) in [5, 5.41) is 0. The summed E-state index contributed by atoms with van der Waals surface area (Å²) < 4.78 is 46.9. The minimum atomic E-state index is -2.99. The molecule has 2 aliphatic heterocycles. The Morgan fingerprint density at radius 3 is 2.67 bits per heavy atom. The van der Waals surface area contributed by atoms with Crippen LogP contribution in [0.2, 0.25) is 0 Å². The van der Waals surface area contributed by atoms with E-state index in [1.807, 2.05) is 0 Å². The molecule has 1 aromatic rings. The third kappa shape index (κ3) is 4.15. The van der Waals surface area contributed by atoms with Gasteiger partial charge in [0.25, 0.3) is 0 Å². The normalized spacial score (nSPS) is 25.5. The Kier molecular flexibility index (Phi) is 5.02. The van der Waals surface area contributed by atoms with Crippen LogP contribution in [0.3, 0.4) is 0 Å². The molecule has 9 heteroatoms. The summed E-state index contributed by atoms with van der Waals surface area (Å²) in [5.74, 6) is -0.00697. The molecule has 4 rings (SSSR count). The lowest BCUT2D eigenvalue weighted by atomic mass is 9.92. The highest BCUT2D eigenvalue weighted by Crippen LogP contribution is 2.48. The molecule has 2 bridgehead atoms. The SMILES string of the molecule is CC(C)(C)OC(=O)N1C[C@]2(c3ccc(OC(F)F)c(OCC4CC4)c3)C[C@H]1C(=O)O2. The van der Waals surface area contributed by atoms with Gasteiger partial charge >= 0.3 is 18.7 Å². The standard InChI is InChI=1S/C21H25F2NO6/c1-20(2,3)30-19(26)24-11-21(9-14(24)17(25)29-21)13-6-7-15(28-18(22)23)16(8-13)27-10-12-4-5-12/h6-8,12,14,18H,4-5,9-11H2,1-3H3/t14-,21-/m0/s1. The van der Waals surface area contributed by atoms with Crippen LogP contribution < -0.4 is 9.47 Å². The highest BCUT2D eigenvalue weighted by Gasteiger charge is 2.60. The summed E-state index contributed by atoms with van der Waals surface area (Å²) >= 11 is 0. The number of rotatable bonds is 6. The molecule has 0 aromatic heterocycles. The van der Waals surface area contributed by atoms with Crippen molar-refractivity contribution in [1.29, 1.82) is 0 Å². The van der Waals surface area contributed by atoms with Gasteiger partial charge in [-0.1, -0.05) is 6.07 Å². The zero-order valence-corrected chi connectivity index (χ0v) is 17.2. The molecule has 164 valence electrons. The Morgan fingerprint density at radius 2 is 2.03 bits per heavy atom. The number of fused-ring (bicyclic) bond motifs is 2. The van der Waals surface area contributed by atoms with Gasteiger partial charge in [-0.25, -0.2) is 9.59 Å². The lowest BCUT2D eigenvalue weighted by Gasteiger charge is -2.33. The molecule has 2 heterocycles. The maximum atomic E-state index is 12.8. The molecule has 3 fully saturated rings. The first-order valence-corrected chi connectivity index (χ1v) is 10.0. The van der Waals surface area contributed by atoms with Gasteiger partial charge in [-0.3, -0.25) is 4.90 Å². The first kappa shape index (κ1) is 20.7. The number of halogens is 2. The number of carbonyl (C=O) groups is 2. The average molecular weight is 425 g/mol. The Bertz CT molecular complexity index is 850. The molecule has 0 N–H and O–H groups in total. The number of amides is 1. The number of morpholine rings is 1. The van der Waals surface area contributed by atoms with Crippen molar-refractivity contribution in [1.82, 2.24) is 4.90 Å². The second-order valence-electron chi connectivity index (χ2n) is 9.04. The monoisotopic (exact) mass is 425 g/mol. The average Bonchev–Trinajstić information content (AvgIpc) is 3.30. The summed E-state index contributed by atoms with van der Waals surface area (Å²) in [4.78, 5) is 26.3. The highest BCUT2D eigenvalue weighted by atomic mass is 19.3. The summed E-state index contributed by atoms with van der Waals surface area (Å²) in [6.45, 7) is 2.79. The fourth-order valence-electron chi connectivity index (χ4n) is 3.79. The van der Waals surface area contributed by atoms with Crippen molar-refractivity contribution in [2.24, 2.45) is 5.92 Å². The third-order valence-electron chi connectivity index (χ3n) is 5.38. The first-order chi connectivity index (χ1) is 14.1. The Morgan fingerprint density at radius 1 is 1.30 bits per heavy atom. The van der Waals surface area contributed by atoms with Crippen LogP contribution in [0.4, 0.5) is 13.6 Å². The molecule has 3 aliphatic rings. The minimum Gasteiger partial charge on any atom is -0.489 e. The maximum Gasteiger partial charge on any atom is 0.411 e. The molecule has 1 saturated carbocycles. The van der Waals surface area contributed by atoms with Crippen molar-refractivity contribution in [2.45, 2.75) is 63.9 Å². The van der Waals surface area contributed by atoms with E-state index >= 15 is 0 Å². The maximum absolute atomic E-state index is 12.8. The first-order valence-electron chi connectivity index (χ1n) is 10.0. The van der Waals surface area contributed by atoms with Gasteiger partial charge in [0.2, 0.25) is 0 Å². The number of carbonyl (C=O) groups excluding carboxylic acids is 2. The van der Waals surface area contributed by atoms with Gasteiger partial charge in [0.15, 0.2) is 17.1 Å². The molecule has 2 atom stereocenters. The van der Waals surface area contributed by atoms with Gasteiger partial charge < -0.3 is 18.9 Å². The minimum absolute atomic E-state index is 0.0753. The van der Waals surface area contributed by atoms with Crippen molar-refractivity contribution in [3.63, 3.8) is 0 Å². The number of benzene rings is 1. The van der Waals surface area contributed by atoms with Gasteiger partial charge in [-0.2, -0.15) is 8.78 Å². The highest BCUT2D eigenvalue weighted by molar-refractivity contribution is 5.86. The lowest BCUT2D eigenvalue weighted by molar-refractivity contribution is -0.160. The van der Waals surface area contributed by atoms with Gasteiger partial charge in [0.05, 0.1) is 13.2 Å². The van der Waals surface area contributed by atoms with E-state index in [-0.39, 0.29) is 24.5 Å². The van der Waals surface area contributed by atoms with Crippen LogP contribution in [0.5, 0.6) is 11.5 Å². The van der Waals surface area contributed by atoms with Crippen LogP contribution in [0, 0.1) is 5.92 Å². The summed E-state index contributed by atoms with van der Waals surface area (Å²) in [6, 6.07) is 3.77. The largest absolute Gasteiger partial charge is 0.489 e. The van der Waals surface area contributed by atoms with Crippen molar-refractivity contribution in [2.75, 3.05) is 13.2 Å². The van der Waals surface area contributed by atoms with Crippen molar-refractivity contribution < 1.29 is 37.3 Å². The molecule has 1 aromatic carbocycles. The van der Waals surface area contributed by atoms with E-state index in [1.54, 1.807) is 32.9 Å². The zero-order valence-electron chi connectivity index (χ0n) is 17.2. The second-order valence-corrected chi connectivity index (χ2v) is 9.04. The number of hydrogen-bond acceptors (Lipinski definition) is 6. The topological polar surface area (TPSA) is 74.3 Å². The lowest BCUT2D eigenvalue weighted by Crippen LogP contribution is -2.48. The van der Waals surface area contributed by atoms with Gasteiger partial charge in [0.1, 0.15) is 11.6 Å². The number of likely N-dealkylation sites (tertiary alicyclic amines) is 1. The van der Waals surface area contributed by atoms with Gasteiger partial charge in [0, 0.05) is 12.0 Å². The summed E-state index contributed by atoms with van der Waals surface area (Å²) in [5.41, 5.74) is -1.20. The van der Waals surface area contributed by atoms with Crippen LogP contribution in [0.15, 0.2) is 18.2 Å². The van der Waals surface area contributed by atoms with E-state index in [4.69, 9.17) is 14.2 Å². The molecule has 0 radical (unpaired) electrons. The van der Waals surface area contributed by atoms with Crippen LogP contribution in [0.1, 0.15) is 45.6 Å². The molecule has 7 nitrogen and oxygen atoms in total. The summed E-state index contributed by atoms with van der Waals surface area (Å²) in [7, 11) is 0. The predicted octanol–water partition coefficient (Wildman–Crippen LogP) is 3.84. The molecule has 1 amide bonds. The fraction of sp³-hybridized carbons (Fsp3) is 0.619. The van der Waals surface area contributed by atoms with Crippen molar-refractivity contribution >= 4 is 12.1 Å². The fourth-order valence-corrected chi connectivity index (χ4v) is 3.79. The van der Waals surface area contributed by atoms with Crippen LogP contribution in [0.25, 0.3) is 0 Å². The Labute approximate surface area is 173 Å². The molecule has 0 spiro atoms. The molecule has 30 heavy (non-hydrogen) atoms. The van der Waals surface area contributed by atoms with Crippen LogP contribution >= 0.6 is 0 Å². The van der Waals surface area contributed by atoms with Gasteiger partial charge in [-0.05, 0) is 51.7 Å². The van der Waals surface area contributed by atoms with Crippen molar-refractivity contribution in [3.05, 3.63) is 23.8 Å². The third-order valence-corrected chi connectivity index (χ3v) is 5.38. The van der Waals surface area contributed by atoms with Crippen molar-refractivity contribution in [3.8, 4) is 11.5 Å². The number of esters is 1. The molecule has 1 aliphatic carbocycles. The van der Waals surface area contributed by atoms with Crippen LogP contribution in [-0.2, 0) is 19.9 Å². The number of hydrogen-bond donors (Lipinski definition) is 0. The molecular weight excluding hydrogens is 400 g/mol. The number of ether oxygens (including phenoxy) is 4. The zero-order chi connectivity index (χ0) is 21.7. The Hall–Kier alpha value is -2.58. The smallest absolute Gasteiger partial charge is 0.411 e. The Balaban J connectivity index is 1.59. The summed E-state index contributed by atoms with van der Waals surface area (Å²) in [6.07, 6.45) is 1.76. The number of nitrogens with zero attached hydrogens (tertiary/aromatic N) is 1. The molecule has 0 unspecified atom stereocenters. The molecule has 2 saturated heterocycles. The van der Waals surface area contributed by atoms with Crippen LogP contribution in [-0.4, -0.2) is 48.4 Å². The van der Waals surface area contributed by atoms with Gasteiger partial charge in [-0.15, -0.1) is 0 Å². The number of alkyl halides is 2. The second kappa shape index (κ2) is 7.28. The van der Waals surface area contributed by atoms with E-state index in [2.05, 4.69) is 4.74 Å². The van der Waals surface area contributed by atoms with E-state index in [0.29, 0.717) is 18.1 Å². The van der Waals surface area contributed by atoms with E-state index < -0.39 is 35.9 Å². The van der Waals surface area contributed by atoms with E-state index in [9.17, 15) is 18.4 Å². The quantitative estimate of drug-likeness (QED) is 0.645. The van der Waals surface area contributed by atoms with E-state index in [0.717, 1.165) is 12.8 Å².